The molecule has 0 spiro atoms. The third-order valence-corrected chi connectivity index (χ3v) is 11.0. The van der Waals surface area contributed by atoms with E-state index in [1.54, 1.807) is 55.5 Å². The van der Waals surface area contributed by atoms with Crippen LogP contribution in [-0.4, -0.2) is 59.8 Å². The first-order valence-corrected chi connectivity index (χ1v) is 16.2. The maximum absolute atomic E-state index is 14.5. The summed E-state index contributed by atoms with van der Waals surface area (Å²) in [4.78, 5) is 83.2. The number of benzene rings is 3. The van der Waals surface area contributed by atoms with Gasteiger partial charge in [-0.25, -0.2) is 9.80 Å². The highest BCUT2D eigenvalue weighted by molar-refractivity contribution is 6.25. The predicted molar refractivity (Wildman–Crippen MR) is 182 cm³/mol. The lowest BCUT2D eigenvalue weighted by atomic mass is 9.51. The number of fused-ring (bicyclic) bond motifs is 4. The molecule has 0 aromatic heterocycles. The van der Waals surface area contributed by atoms with E-state index in [-0.39, 0.29) is 30.0 Å². The molecular formula is C36H33N5O10. The minimum atomic E-state index is -1.42. The van der Waals surface area contributed by atoms with E-state index >= 15 is 0 Å². The number of nitro benzene ring substituents is 2. The Labute approximate surface area is 291 Å². The van der Waals surface area contributed by atoms with Gasteiger partial charge in [-0.3, -0.25) is 39.4 Å². The molecule has 4 amide bonds. The predicted octanol–water partition coefficient (Wildman–Crippen LogP) is 4.72. The van der Waals surface area contributed by atoms with Crippen LogP contribution in [0.25, 0.3) is 0 Å². The van der Waals surface area contributed by atoms with Crippen LogP contribution in [0, 0.1) is 49.3 Å². The fourth-order valence-corrected chi connectivity index (χ4v) is 8.78. The van der Waals surface area contributed by atoms with E-state index in [1.165, 1.54) is 32.2 Å². The van der Waals surface area contributed by atoms with Gasteiger partial charge in [-0.15, -0.1) is 0 Å². The van der Waals surface area contributed by atoms with Crippen LogP contribution in [0.3, 0.4) is 0 Å². The summed E-state index contributed by atoms with van der Waals surface area (Å²) in [5.74, 6) is -6.80. The van der Waals surface area contributed by atoms with E-state index in [0.29, 0.717) is 22.6 Å². The molecule has 7 rings (SSSR count). The lowest BCUT2D eigenvalue weighted by molar-refractivity contribution is -0.392. The van der Waals surface area contributed by atoms with Crippen molar-refractivity contribution < 1.29 is 38.9 Å². The van der Waals surface area contributed by atoms with E-state index in [0.717, 1.165) is 21.9 Å². The first kappa shape index (κ1) is 33.4. The van der Waals surface area contributed by atoms with Crippen molar-refractivity contribution in [2.24, 2.45) is 29.1 Å². The molecule has 51 heavy (non-hydrogen) atoms. The number of phenols is 1. The van der Waals surface area contributed by atoms with E-state index < -0.39 is 79.9 Å². The van der Waals surface area contributed by atoms with Crippen molar-refractivity contribution in [2.45, 2.75) is 25.7 Å². The molecular weight excluding hydrogens is 662 g/mol. The normalized spacial score (nSPS) is 26.7. The van der Waals surface area contributed by atoms with Gasteiger partial charge in [-0.05, 0) is 56.0 Å². The van der Waals surface area contributed by atoms with Gasteiger partial charge in [0.15, 0.2) is 5.69 Å². The average molecular weight is 696 g/mol. The number of methoxy groups -OCH3 is 1. The van der Waals surface area contributed by atoms with Gasteiger partial charge >= 0.3 is 11.4 Å². The molecule has 1 saturated carbocycles. The number of phenolic OH excluding ortho intramolecular Hbond substituents is 1. The number of para-hydroxylation sites is 1. The second kappa shape index (κ2) is 11.7. The van der Waals surface area contributed by atoms with Crippen LogP contribution in [-0.2, 0) is 19.2 Å². The molecule has 3 aromatic carbocycles. The number of amides is 4. The van der Waals surface area contributed by atoms with Crippen LogP contribution in [0.4, 0.5) is 28.4 Å². The smallest absolute Gasteiger partial charge is 0.301 e. The third-order valence-electron chi connectivity index (χ3n) is 11.0. The summed E-state index contributed by atoms with van der Waals surface area (Å²) in [7, 11) is 4.27. The molecule has 2 aliphatic heterocycles. The molecule has 2 saturated heterocycles. The first-order valence-electron chi connectivity index (χ1n) is 16.2. The van der Waals surface area contributed by atoms with Crippen LogP contribution < -0.4 is 19.4 Å². The standard InChI is InChI=1S/C36H33N5O10/c1-36-25(33(44)39(35(36)46)18-8-6-5-7-9-18)17-23-21(30(36)24-16-20(51-4)10-13-28(24)42)11-12-22-29(23)34(45)38(32(22)43)19-14-26(40(47)48)31(37(2)3)27(15-19)41(49)50/h5-11,13-16,22-23,25,29-30,42H,12,17H2,1-4H3. The Kier molecular flexibility index (Phi) is 7.69. The molecule has 3 fully saturated rings. The molecule has 2 heterocycles. The van der Waals surface area contributed by atoms with Gasteiger partial charge in [-0.2, -0.15) is 0 Å². The van der Waals surface area contributed by atoms with Crippen LogP contribution in [0.15, 0.2) is 72.3 Å². The number of carbonyl (C=O) groups excluding carboxylic acids is 4. The monoisotopic (exact) mass is 695 g/mol. The summed E-state index contributed by atoms with van der Waals surface area (Å²) in [5.41, 5.74) is -2.06. The number of ether oxygens (including phenoxy) is 1. The largest absolute Gasteiger partial charge is 0.508 e. The summed E-state index contributed by atoms with van der Waals surface area (Å²) in [5, 5.41) is 35.5. The minimum Gasteiger partial charge on any atom is -0.508 e. The number of aromatic hydroxyl groups is 1. The summed E-state index contributed by atoms with van der Waals surface area (Å²) < 4.78 is 5.46. The SMILES string of the molecule is COc1ccc(O)c(C2C3=CCC4C(=O)N(c5cc([N+](=O)[O-])c(N(C)C)c([N+](=O)[O-])c5)C(=O)C4C3CC3C(=O)N(c4ccccc4)C(=O)C32C)c1. The Hall–Kier alpha value is -6.12. The summed E-state index contributed by atoms with van der Waals surface area (Å²) in [6.07, 6.45) is 1.85. The Morgan fingerprint density at radius 2 is 1.51 bits per heavy atom. The maximum Gasteiger partial charge on any atom is 0.301 e. The molecule has 1 N–H and O–H groups in total. The maximum atomic E-state index is 14.5. The second-order valence-electron chi connectivity index (χ2n) is 13.7. The first-order chi connectivity index (χ1) is 24.2. The Morgan fingerprint density at radius 3 is 2.10 bits per heavy atom. The van der Waals surface area contributed by atoms with Crippen LogP contribution in [0.2, 0.25) is 0 Å². The fraction of sp³-hybridized carbons (Fsp3) is 0.333. The number of hydrogen-bond acceptors (Lipinski definition) is 11. The third kappa shape index (κ3) is 4.71. The van der Waals surface area contributed by atoms with E-state index in [4.69, 9.17) is 4.74 Å². The molecule has 6 atom stereocenters. The highest BCUT2D eigenvalue weighted by Crippen LogP contribution is 2.64. The number of hydrogen-bond donors (Lipinski definition) is 1. The molecule has 3 aromatic rings. The molecule has 0 bridgehead atoms. The lowest BCUT2D eigenvalue weighted by Crippen LogP contribution is -2.48. The summed E-state index contributed by atoms with van der Waals surface area (Å²) in [6.45, 7) is 1.69. The number of rotatable bonds is 7. The van der Waals surface area contributed by atoms with Crippen molar-refractivity contribution >= 4 is 52.1 Å². The molecule has 4 aliphatic rings. The van der Waals surface area contributed by atoms with E-state index in [2.05, 4.69) is 0 Å². The molecule has 262 valence electrons. The van der Waals surface area contributed by atoms with Crippen molar-refractivity contribution in [3.63, 3.8) is 0 Å². The number of anilines is 3. The average Bonchev–Trinajstić information content (AvgIpc) is 3.47. The Morgan fingerprint density at radius 1 is 0.863 bits per heavy atom. The number of imide groups is 2. The highest BCUT2D eigenvalue weighted by atomic mass is 16.6. The van der Waals surface area contributed by atoms with E-state index in [1.807, 2.05) is 0 Å². The van der Waals surface area contributed by atoms with Crippen LogP contribution in [0.5, 0.6) is 11.5 Å². The van der Waals surface area contributed by atoms with Crippen LogP contribution >= 0.6 is 0 Å². The van der Waals surface area contributed by atoms with Gasteiger partial charge in [0, 0.05) is 37.7 Å². The molecule has 2 aliphatic carbocycles. The summed E-state index contributed by atoms with van der Waals surface area (Å²) >= 11 is 0. The number of nitro groups is 2. The number of carbonyl (C=O) groups is 4. The highest BCUT2D eigenvalue weighted by Gasteiger charge is 2.68. The molecule has 15 heteroatoms. The lowest BCUT2D eigenvalue weighted by Gasteiger charge is -2.49. The summed E-state index contributed by atoms with van der Waals surface area (Å²) in [6, 6.07) is 15.0. The van der Waals surface area contributed by atoms with E-state index in [9.17, 15) is 44.5 Å². The Balaban J connectivity index is 1.38. The van der Waals surface area contributed by atoms with Gasteiger partial charge in [0.25, 0.3) is 0 Å². The van der Waals surface area contributed by atoms with Crippen molar-refractivity contribution in [1.82, 2.24) is 0 Å². The number of nitrogens with zero attached hydrogens (tertiary/aromatic N) is 5. The zero-order valence-corrected chi connectivity index (χ0v) is 28.0. The quantitative estimate of drug-likeness (QED) is 0.156. The minimum absolute atomic E-state index is 0.0192. The zero-order valence-electron chi connectivity index (χ0n) is 28.0. The molecule has 15 nitrogen and oxygen atoms in total. The van der Waals surface area contributed by atoms with Gasteiger partial charge in [0.05, 0.1) is 51.5 Å². The topological polar surface area (TPSA) is 194 Å². The van der Waals surface area contributed by atoms with Crippen molar-refractivity contribution in [3.05, 3.63) is 98.1 Å². The van der Waals surface area contributed by atoms with Crippen molar-refractivity contribution in [3.8, 4) is 11.5 Å². The second-order valence-corrected chi connectivity index (χ2v) is 13.7. The van der Waals surface area contributed by atoms with Crippen molar-refractivity contribution in [1.29, 1.82) is 0 Å². The molecule has 0 radical (unpaired) electrons. The van der Waals surface area contributed by atoms with Gasteiger partial charge in [-0.1, -0.05) is 29.8 Å². The molecule has 6 unspecified atom stereocenters. The van der Waals surface area contributed by atoms with Crippen LogP contribution in [0.1, 0.15) is 31.2 Å². The van der Waals surface area contributed by atoms with Gasteiger partial charge in [0.2, 0.25) is 23.6 Å². The van der Waals surface area contributed by atoms with Gasteiger partial charge < -0.3 is 14.7 Å². The Bertz CT molecular complexity index is 2060. The number of allylic oxidation sites excluding steroid dienone is 2. The van der Waals surface area contributed by atoms with Gasteiger partial charge in [0.1, 0.15) is 11.5 Å². The van der Waals surface area contributed by atoms with Crippen molar-refractivity contribution in [2.75, 3.05) is 35.9 Å². The zero-order chi connectivity index (χ0) is 36.7. The fourth-order valence-electron chi connectivity index (χ4n) is 8.78.